The van der Waals surface area contributed by atoms with Crippen molar-refractivity contribution in [3.05, 3.63) is 72.1 Å². The Morgan fingerprint density at radius 1 is 0.897 bits per heavy atom. The number of aryl methyl sites for hydroxylation is 1. The molecule has 8 heteroatoms. The highest BCUT2D eigenvalue weighted by atomic mass is 16.2. The van der Waals surface area contributed by atoms with Gasteiger partial charge in [0, 0.05) is 43.0 Å². The quantitative estimate of drug-likeness (QED) is 0.335. The summed E-state index contributed by atoms with van der Waals surface area (Å²) in [6.45, 7) is 1.63. The van der Waals surface area contributed by atoms with Crippen LogP contribution in [0.15, 0.2) is 66.5 Å². The van der Waals surface area contributed by atoms with Gasteiger partial charge in [0.25, 0.3) is 5.91 Å². The lowest BCUT2D eigenvalue weighted by atomic mass is 9.97. The Hall–Kier alpha value is -4.46. The van der Waals surface area contributed by atoms with Crippen LogP contribution in [0.5, 0.6) is 0 Å². The van der Waals surface area contributed by atoms with E-state index in [1.165, 1.54) is 11.9 Å². The molecule has 1 aliphatic carbocycles. The van der Waals surface area contributed by atoms with E-state index in [0.29, 0.717) is 11.4 Å². The van der Waals surface area contributed by atoms with Gasteiger partial charge in [0.05, 0.1) is 11.1 Å². The van der Waals surface area contributed by atoms with E-state index >= 15 is 0 Å². The molecular formula is C31H32N6O2. The van der Waals surface area contributed by atoms with Gasteiger partial charge in [-0.25, -0.2) is 9.97 Å². The minimum Gasteiger partial charge on any atom is -0.383 e. The van der Waals surface area contributed by atoms with Gasteiger partial charge in [-0.1, -0.05) is 29.8 Å². The number of benzene rings is 2. The first kappa shape index (κ1) is 24.9. The fourth-order valence-corrected chi connectivity index (χ4v) is 5.83. The van der Waals surface area contributed by atoms with Crippen LogP contribution in [0.25, 0.3) is 33.4 Å². The molecule has 0 unspecified atom stereocenters. The van der Waals surface area contributed by atoms with Gasteiger partial charge in [-0.05, 0) is 73.9 Å². The van der Waals surface area contributed by atoms with Crippen LogP contribution in [0.2, 0.25) is 0 Å². The zero-order chi connectivity index (χ0) is 26.9. The highest BCUT2D eigenvalue weighted by Gasteiger charge is 2.23. The fraction of sp³-hybridized carbons (Fsp3) is 0.290. The molecule has 2 aromatic carbocycles. The summed E-state index contributed by atoms with van der Waals surface area (Å²) in [6, 6.07) is 15.5. The maximum atomic E-state index is 12.9. The number of amides is 2. The van der Waals surface area contributed by atoms with E-state index in [9.17, 15) is 9.59 Å². The van der Waals surface area contributed by atoms with Gasteiger partial charge in [-0.3, -0.25) is 9.59 Å². The molecule has 3 heterocycles. The van der Waals surface area contributed by atoms with Gasteiger partial charge in [-0.2, -0.15) is 0 Å². The van der Waals surface area contributed by atoms with Crippen LogP contribution in [-0.4, -0.2) is 44.3 Å². The molecule has 1 aliphatic heterocycles. The van der Waals surface area contributed by atoms with Crippen molar-refractivity contribution < 1.29 is 9.59 Å². The van der Waals surface area contributed by atoms with Crippen molar-refractivity contribution in [1.29, 1.82) is 0 Å². The van der Waals surface area contributed by atoms with E-state index in [0.717, 1.165) is 90.7 Å². The summed E-state index contributed by atoms with van der Waals surface area (Å²) in [6.07, 6.45) is 9.67. The molecule has 2 aliphatic rings. The highest BCUT2D eigenvalue weighted by Crippen LogP contribution is 2.41. The first-order valence-corrected chi connectivity index (χ1v) is 13.6. The first-order valence-electron chi connectivity index (χ1n) is 13.6. The molecule has 0 radical (unpaired) electrons. The third-order valence-electron chi connectivity index (χ3n) is 7.82. The van der Waals surface area contributed by atoms with Crippen LogP contribution in [0, 0.1) is 0 Å². The van der Waals surface area contributed by atoms with Gasteiger partial charge >= 0.3 is 0 Å². The summed E-state index contributed by atoms with van der Waals surface area (Å²) in [5, 5.41) is 3.76. The van der Waals surface area contributed by atoms with Gasteiger partial charge in [0.2, 0.25) is 5.91 Å². The third kappa shape index (κ3) is 4.78. The van der Waals surface area contributed by atoms with E-state index < -0.39 is 0 Å². The monoisotopic (exact) mass is 520 g/mol. The molecule has 198 valence electrons. The van der Waals surface area contributed by atoms with Gasteiger partial charge < -0.3 is 20.5 Å². The standard InChI is InChI=1S/C31H32N6O2/c1-36-28(22-12-14-24(15-13-22)35-25(38)18-20-6-2-3-7-20)26(27-29(32)33-19-34-30(27)36)21-8-10-23(11-9-21)31(39)37-16-4-5-17-37/h8-15,18-19H,2-7,16-17H2,1H3,(H,35,38)(H2,32,33,34). The Kier molecular flexibility index (Phi) is 6.60. The van der Waals surface area contributed by atoms with E-state index in [2.05, 4.69) is 15.3 Å². The Balaban J connectivity index is 1.36. The molecular weight excluding hydrogens is 488 g/mol. The van der Waals surface area contributed by atoms with Crippen molar-refractivity contribution in [1.82, 2.24) is 19.4 Å². The summed E-state index contributed by atoms with van der Waals surface area (Å²) < 4.78 is 2.02. The number of hydrogen-bond donors (Lipinski definition) is 2. The van der Waals surface area contributed by atoms with Gasteiger partial charge in [0.1, 0.15) is 17.8 Å². The molecule has 39 heavy (non-hydrogen) atoms. The summed E-state index contributed by atoms with van der Waals surface area (Å²) in [4.78, 5) is 36.1. The lowest BCUT2D eigenvalue weighted by Crippen LogP contribution is -2.27. The molecule has 0 bridgehead atoms. The SMILES string of the molecule is Cn1c(-c2ccc(NC(=O)C=C3CCCC3)cc2)c(-c2ccc(C(=O)N3CCCC3)cc2)c2c(N)ncnc21. The van der Waals surface area contributed by atoms with Crippen molar-refractivity contribution in [3.63, 3.8) is 0 Å². The minimum absolute atomic E-state index is 0.0706. The number of carbonyl (C=O) groups is 2. The van der Waals surface area contributed by atoms with Crippen molar-refractivity contribution in [2.24, 2.45) is 7.05 Å². The molecule has 3 N–H and O–H groups in total. The number of rotatable bonds is 5. The number of fused-ring (bicyclic) bond motifs is 1. The summed E-state index contributed by atoms with van der Waals surface area (Å²) in [5.41, 5.74) is 13.5. The van der Waals surface area contributed by atoms with E-state index in [1.807, 2.05) is 65.0 Å². The molecule has 4 aromatic rings. The van der Waals surface area contributed by atoms with Crippen LogP contribution >= 0.6 is 0 Å². The van der Waals surface area contributed by atoms with Crippen LogP contribution in [0.4, 0.5) is 11.5 Å². The second-order valence-corrected chi connectivity index (χ2v) is 10.4. The molecule has 1 saturated carbocycles. The molecule has 2 fully saturated rings. The number of anilines is 2. The Labute approximate surface area is 227 Å². The molecule has 6 rings (SSSR count). The molecule has 0 atom stereocenters. The number of hydrogen-bond acceptors (Lipinski definition) is 5. The van der Waals surface area contributed by atoms with Crippen LogP contribution < -0.4 is 11.1 Å². The predicted molar refractivity (Wildman–Crippen MR) is 154 cm³/mol. The van der Waals surface area contributed by atoms with E-state index in [-0.39, 0.29) is 11.8 Å². The van der Waals surface area contributed by atoms with Crippen molar-refractivity contribution >= 4 is 34.4 Å². The van der Waals surface area contributed by atoms with Crippen molar-refractivity contribution in [3.8, 4) is 22.4 Å². The second-order valence-electron chi connectivity index (χ2n) is 10.4. The number of likely N-dealkylation sites (tertiary alicyclic amines) is 1. The van der Waals surface area contributed by atoms with Gasteiger partial charge in [0.15, 0.2) is 0 Å². The maximum absolute atomic E-state index is 12.9. The fourth-order valence-electron chi connectivity index (χ4n) is 5.83. The number of nitrogens with two attached hydrogens (primary N) is 1. The number of carbonyl (C=O) groups excluding carboxylic acids is 2. The highest BCUT2D eigenvalue weighted by molar-refractivity contribution is 6.08. The number of nitrogens with zero attached hydrogens (tertiary/aromatic N) is 4. The zero-order valence-electron chi connectivity index (χ0n) is 22.1. The smallest absolute Gasteiger partial charge is 0.253 e. The molecule has 2 amide bonds. The lowest BCUT2D eigenvalue weighted by molar-refractivity contribution is -0.112. The number of nitrogens with one attached hydrogen (secondary N) is 1. The Morgan fingerprint density at radius 3 is 2.26 bits per heavy atom. The largest absolute Gasteiger partial charge is 0.383 e. The average Bonchev–Trinajstić information content (AvgIpc) is 3.71. The Morgan fingerprint density at radius 2 is 1.56 bits per heavy atom. The molecule has 1 saturated heterocycles. The third-order valence-corrected chi connectivity index (χ3v) is 7.82. The van der Waals surface area contributed by atoms with Crippen LogP contribution in [0.3, 0.4) is 0 Å². The minimum atomic E-state index is -0.0865. The second kappa shape index (κ2) is 10.4. The van der Waals surface area contributed by atoms with Crippen molar-refractivity contribution in [2.45, 2.75) is 38.5 Å². The molecule has 0 spiro atoms. The molecule has 8 nitrogen and oxygen atoms in total. The summed E-state index contributed by atoms with van der Waals surface area (Å²) >= 11 is 0. The van der Waals surface area contributed by atoms with Crippen LogP contribution in [-0.2, 0) is 11.8 Å². The van der Waals surface area contributed by atoms with E-state index in [1.54, 1.807) is 6.08 Å². The topological polar surface area (TPSA) is 106 Å². The zero-order valence-corrected chi connectivity index (χ0v) is 22.1. The first-order chi connectivity index (χ1) is 19.0. The molecule has 2 aromatic heterocycles. The number of aromatic nitrogens is 3. The van der Waals surface area contributed by atoms with Crippen LogP contribution in [0.1, 0.15) is 48.9 Å². The summed E-state index contributed by atoms with van der Waals surface area (Å²) in [5.74, 6) is 0.385. The summed E-state index contributed by atoms with van der Waals surface area (Å²) in [7, 11) is 1.96. The van der Waals surface area contributed by atoms with Crippen molar-refractivity contribution in [2.75, 3.05) is 24.1 Å². The lowest BCUT2D eigenvalue weighted by Gasteiger charge is -2.15. The average molecular weight is 521 g/mol. The van der Waals surface area contributed by atoms with E-state index in [4.69, 9.17) is 5.73 Å². The Bertz CT molecular complexity index is 1570. The number of allylic oxidation sites excluding steroid dienone is 1. The van der Waals surface area contributed by atoms with Gasteiger partial charge in [-0.15, -0.1) is 0 Å². The number of nitrogen functional groups attached to an aromatic ring is 1. The normalized spacial score (nSPS) is 15.2. The maximum Gasteiger partial charge on any atom is 0.253 e. The predicted octanol–water partition coefficient (Wildman–Crippen LogP) is 5.56.